The van der Waals surface area contributed by atoms with Crippen molar-refractivity contribution in [2.75, 3.05) is 45.9 Å². The Balaban J connectivity index is 1.60. The van der Waals surface area contributed by atoms with Gasteiger partial charge in [-0.3, -0.25) is 5.32 Å². The third-order valence-electron chi connectivity index (χ3n) is 5.41. The zero-order valence-electron chi connectivity index (χ0n) is 15.7. The van der Waals surface area contributed by atoms with Gasteiger partial charge in [0, 0.05) is 26.9 Å². The first-order valence-corrected chi connectivity index (χ1v) is 10.2. The Morgan fingerprint density at radius 3 is 2.74 bits per heavy atom. The highest BCUT2D eigenvalue weighted by Crippen LogP contribution is 2.40. The third kappa shape index (κ3) is 3.74. The van der Waals surface area contributed by atoms with E-state index in [1.807, 2.05) is 6.07 Å². The smallest absolute Gasteiger partial charge is 0.323 e. The number of nitrogens with zero attached hydrogens (tertiary/aromatic N) is 2. The molecule has 2 amide bonds. The molecule has 2 fully saturated rings. The maximum atomic E-state index is 12.6. The number of anilines is 1. The molecule has 1 unspecified atom stereocenters. The first-order valence-electron chi connectivity index (χ1n) is 9.34. The lowest BCUT2D eigenvalue weighted by Gasteiger charge is -2.23. The molecule has 0 radical (unpaired) electrons. The van der Waals surface area contributed by atoms with Crippen molar-refractivity contribution in [1.29, 1.82) is 0 Å². The number of carbonyl (C=O) groups excluding carboxylic acids is 1. The molecule has 1 aromatic carbocycles. The Kier molecular flexibility index (Phi) is 5.47. The number of ether oxygens (including phenoxy) is 3. The SMILES string of the molecule is COc1ccc(C2CCOCC2)c2sc(NC(=O)N(C)C3CCOC3)nc12. The topological polar surface area (TPSA) is 72.9 Å². The third-order valence-corrected chi connectivity index (χ3v) is 6.43. The van der Waals surface area contributed by atoms with Gasteiger partial charge in [0.15, 0.2) is 5.13 Å². The van der Waals surface area contributed by atoms with Crippen molar-refractivity contribution < 1.29 is 19.0 Å². The first-order chi connectivity index (χ1) is 13.2. The van der Waals surface area contributed by atoms with Gasteiger partial charge >= 0.3 is 6.03 Å². The summed E-state index contributed by atoms with van der Waals surface area (Å²) in [7, 11) is 3.45. The second-order valence-electron chi connectivity index (χ2n) is 7.00. The number of fused-ring (bicyclic) bond motifs is 1. The molecule has 2 aliphatic heterocycles. The van der Waals surface area contributed by atoms with Crippen LogP contribution < -0.4 is 10.1 Å². The molecule has 4 rings (SSSR count). The molecule has 1 N–H and O–H groups in total. The van der Waals surface area contributed by atoms with Crippen LogP contribution in [0, 0.1) is 0 Å². The number of amides is 2. The molecule has 2 saturated heterocycles. The van der Waals surface area contributed by atoms with Crippen LogP contribution in [-0.2, 0) is 9.47 Å². The molecule has 3 heterocycles. The molecular weight excluding hydrogens is 366 g/mol. The minimum absolute atomic E-state index is 0.117. The summed E-state index contributed by atoms with van der Waals surface area (Å²) in [6.45, 7) is 2.87. The fourth-order valence-electron chi connectivity index (χ4n) is 3.72. The van der Waals surface area contributed by atoms with Gasteiger partial charge in [0.2, 0.25) is 0 Å². The van der Waals surface area contributed by atoms with E-state index >= 15 is 0 Å². The van der Waals surface area contributed by atoms with Crippen molar-refractivity contribution in [3.63, 3.8) is 0 Å². The number of hydrogen-bond donors (Lipinski definition) is 1. The number of hydrogen-bond acceptors (Lipinski definition) is 6. The fourth-order valence-corrected chi connectivity index (χ4v) is 4.79. The van der Waals surface area contributed by atoms with E-state index in [4.69, 9.17) is 14.2 Å². The van der Waals surface area contributed by atoms with Gasteiger partial charge in [-0.05, 0) is 36.8 Å². The number of nitrogens with one attached hydrogen (secondary N) is 1. The molecule has 1 aromatic heterocycles. The molecule has 2 aromatic rings. The molecule has 0 saturated carbocycles. The van der Waals surface area contributed by atoms with Crippen molar-refractivity contribution in [3.8, 4) is 5.75 Å². The molecule has 1 atom stereocenters. The molecule has 7 nitrogen and oxygen atoms in total. The standard InChI is InChI=1S/C19H25N3O4S/c1-22(13-7-10-26-11-13)19(23)21-18-20-16-15(24-2)4-3-14(17(16)27-18)12-5-8-25-9-6-12/h3-4,12-13H,5-11H2,1-2H3,(H,20,21,23). The van der Waals surface area contributed by atoms with Crippen LogP contribution in [0.1, 0.15) is 30.7 Å². The number of urea groups is 1. The first kappa shape index (κ1) is 18.5. The molecule has 0 aliphatic carbocycles. The lowest BCUT2D eigenvalue weighted by Crippen LogP contribution is -2.40. The van der Waals surface area contributed by atoms with E-state index in [-0.39, 0.29) is 12.1 Å². The van der Waals surface area contributed by atoms with Crippen LogP contribution >= 0.6 is 11.3 Å². The van der Waals surface area contributed by atoms with Crippen molar-refractivity contribution in [2.45, 2.75) is 31.2 Å². The highest BCUT2D eigenvalue weighted by Gasteiger charge is 2.26. The van der Waals surface area contributed by atoms with Crippen LogP contribution in [0.25, 0.3) is 10.2 Å². The van der Waals surface area contributed by atoms with Crippen molar-refractivity contribution in [3.05, 3.63) is 17.7 Å². The summed E-state index contributed by atoms with van der Waals surface area (Å²) in [6, 6.07) is 4.06. The second-order valence-corrected chi connectivity index (χ2v) is 8.00. The Hall–Kier alpha value is -1.90. The summed E-state index contributed by atoms with van der Waals surface area (Å²) in [6.07, 6.45) is 2.88. The van der Waals surface area contributed by atoms with E-state index in [0.29, 0.717) is 24.3 Å². The summed E-state index contributed by atoms with van der Waals surface area (Å²) in [5, 5.41) is 3.54. The van der Waals surface area contributed by atoms with Gasteiger partial charge in [-0.25, -0.2) is 9.78 Å². The van der Waals surface area contributed by atoms with Gasteiger partial charge in [0.05, 0.1) is 24.5 Å². The maximum absolute atomic E-state index is 12.6. The van der Waals surface area contributed by atoms with E-state index in [1.54, 1.807) is 19.1 Å². The minimum Gasteiger partial charge on any atom is -0.494 e. The molecule has 0 spiro atoms. The van der Waals surface area contributed by atoms with Crippen LogP contribution in [0.2, 0.25) is 0 Å². The number of methoxy groups -OCH3 is 1. The van der Waals surface area contributed by atoms with Gasteiger partial charge in [0.25, 0.3) is 0 Å². The van der Waals surface area contributed by atoms with E-state index in [9.17, 15) is 4.79 Å². The summed E-state index contributed by atoms with van der Waals surface area (Å²) < 4.78 is 17.5. The fraction of sp³-hybridized carbons (Fsp3) is 0.579. The largest absolute Gasteiger partial charge is 0.494 e. The molecule has 8 heteroatoms. The Morgan fingerprint density at radius 1 is 1.26 bits per heavy atom. The number of aromatic nitrogens is 1. The zero-order valence-corrected chi connectivity index (χ0v) is 16.5. The van der Waals surface area contributed by atoms with Crippen LogP contribution in [0.15, 0.2) is 12.1 Å². The highest BCUT2D eigenvalue weighted by atomic mass is 32.1. The van der Waals surface area contributed by atoms with Crippen molar-refractivity contribution >= 4 is 32.7 Å². The van der Waals surface area contributed by atoms with Crippen LogP contribution in [-0.4, -0.2) is 62.5 Å². The molecular formula is C19H25N3O4S. The van der Waals surface area contributed by atoms with Crippen LogP contribution in [0.3, 0.4) is 0 Å². The molecule has 146 valence electrons. The quantitative estimate of drug-likeness (QED) is 0.864. The van der Waals surface area contributed by atoms with Gasteiger partial charge in [-0.2, -0.15) is 0 Å². The number of thiazole rings is 1. The van der Waals surface area contributed by atoms with E-state index < -0.39 is 0 Å². The molecule has 27 heavy (non-hydrogen) atoms. The molecule has 0 bridgehead atoms. The zero-order chi connectivity index (χ0) is 18.8. The highest BCUT2D eigenvalue weighted by molar-refractivity contribution is 7.22. The van der Waals surface area contributed by atoms with E-state index in [1.165, 1.54) is 16.9 Å². The second kappa shape index (κ2) is 8.00. The average Bonchev–Trinajstić information content (AvgIpc) is 3.37. The predicted octanol–water partition coefficient (Wildman–Crippen LogP) is 3.45. The number of benzene rings is 1. The summed E-state index contributed by atoms with van der Waals surface area (Å²) in [4.78, 5) is 19.0. The van der Waals surface area contributed by atoms with E-state index in [2.05, 4.69) is 16.4 Å². The lowest BCUT2D eigenvalue weighted by molar-refractivity contribution is 0.0856. The summed E-state index contributed by atoms with van der Waals surface area (Å²) in [5.41, 5.74) is 2.08. The predicted molar refractivity (Wildman–Crippen MR) is 105 cm³/mol. The van der Waals surface area contributed by atoms with Gasteiger partial charge in [0.1, 0.15) is 11.3 Å². The number of rotatable bonds is 4. The Labute approximate surface area is 162 Å². The van der Waals surface area contributed by atoms with Gasteiger partial charge in [-0.1, -0.05) is 17.4 Å². The van der Waals surface area contributed by atoms with E-state index in [0.717, 1.165) is 48.4 Å². The van der Waals surface area contributed by atoms with Gasteiger partial charge in [-0.15, -0.1) is 0 Å². The monoisotopic (exact) mass is 391 g/mol. The average molecular weight is 391 g/mol. The van der Waals surface area contributed by atoms with Crippen LogP contribution in [0.4, 0.5) is 9.93 Å². The van der Waals surface area contributed by atoms with Crippen LogP contribution in [0.5, 0.6) is 5.75 Å². The number of carbonyl (C=O) groups is 1. The number of likely N-dealkylation sites (N-methyl/N-ethyl adjacent to an activating group) is 1. The maximum Gasteiger partial charge on any atom is 0.323 e. The lowest BCUT2D eigenvalue weighted by atomic mass is 9.91. The summed E-state index contributed by atoms with van der Waals surface area (Å²) in [5.74, 6) is 1.18. The summed E-state index contributed by atoms with van der Waals surface area (Å²) >= 11 is 1.51. The Bertz CT molecular complexity index is 813. The minimum atomic E-state index is -0.156. The molecule has 2 aliphatic rings. The van der Waals surface area contributed by atoms with Crippen molar-refractivity contribution in [2.24, 2.45) is 0 Å². The Morgan fingerprint density at radius 2 is 2.04 bits per heavy atom. The van der Waals surface area contributed by atoms with Crippen molar-refractivity contribution in [1.82, 2.24) is 9.88 Å². The normalized spacial score (nSPS) is 20.7. The van der Waals surface area contributed by atoms with Gasteiger partial charge < -0.3 is 19.1 Å².